The molecule has 3 rings (SSSR count). The fourth-order valence-corrected chi connectivity index (χ4v) is 11.5. The molecule has 1 aliphatic carbocycles. The zero-order valence-electron chi connectivity index (χ0n) is 25.7. The molecule has 0 spiro atoms. The highest BCUT2D eigenvalue weighted by molar-refractivity contribution is 6.99. The number of carbonyl (C=O) groups excluding carboxylic acids is 1. The highest BCUT2D eigenvalue weighted by Crippen LogP contribution is 2.44. The van der Waals surface area contributed by atoms with Gasteiger partial charge in [-0.3, -0.25) is 4.79 Å². The lowest BCUT2D eigenvalue weighted by atomic mass is 9.68. The van der Waals surface area contributed by atoms with Crippen LogP contribution in [0, 0.1) is 11.3 Å². The molecule has 0 radical (unpaired) electrons. The maximum atomic E-state index is 13.3. The molecule has 38 heavy (non-hydrogen) atoms. The molecule has 2 aromatic carbocycles. The molecule has 0 saturated heterocycles. The molecule has 0 bridgehead atoms. The third-order valence-electron chi connectivity index (χ3n) is 9.32. The zero-order valence-corrected chi connectivity index (χ0v) is 27.7. The SMILES string of the molecule is CC(C)(CCO[Si](C)(C)C(C)(C)C)[C@@H]1C[C@H](O[Si](c2ccccc2)(c2ccccc2)C(C)(C)C)CCC1=O. The Balaban J connectivity index is 1.88. The summed E-state index contributed by atoms with van der Waals surface area (Å²) >= 11 is 0. The van der Waals surface area contributed by atoms with E-state index in [1.165, 1.54) is 10.4 Å². The topological polar surface area (TPSA) is 35.5 Å². The average molecular weight is 553 g/mol. The first-order valence-corrected chi connectivity index (χ1v) is 19.3. The summed E-state index contributed by atoms with van der Waals surface area (Å²) < 4.78 is 14.0. The van der Waals surface area contributed by atoms with Crippen LogP contribution in [0.1, 0.15) is 81.1 Å². The van der Waals surface area contributed by atoms with Gasteiger partial charge in [-0.25, -0.2) is 0 Å². The number of Topliss-reactive ketones (excluding diaryl/α,β-unsaturated/α-hetero) is 1. The average Bonchev–Trinajstić information content (AvgIpc) is 2.82. The van der Waals surface area contributed by atoms with E-state index in [2.05, 4.69) is 129 Å². The highest BCUT2D eigenvalue weighted by Gasteiger charge is 2.52. The first kappa shape index (κ1) is 31.0. The van der Waals surface area contributed by atoms with Gasteiger partial charge in [0.05, 0.1) is 0 Å². The Hall–Kier alpha value is -1.54. The quantitative estimate of drug-likeness (QED) is 0.299. The van der Waals surface area contributed by atoms with Gasteiger partial charge in [0.15, 0.2) is 8.32 Å². The molecular weight excluding hydrogens is 501 g/mol. The van der Waals surface area contributed by atoms with Crippen LogP contribution in [0.3, 0.4) is 0 Å². The minimum atomic E-state index is -2.65. The summed E-state index contributed by atoms with van der Waals surface area (Å²) in [7, 11) is -4.47. The summed E-state index contributed by atoms with van der Waals surface area (Å²) in [5, 5.41) is 2.72. The van der Waals surface area contributed by atoms with Gasteiger partial charge in [0.1, 0.15) is 5.78 Å². The van der Waals surface area contributed by atoms with Gasteiger partial charge in [0.25, 0.3) is 8.32 Å². The largest absolute Gasteiger partial charge is 0.417 e. The van der Waals surface area contributed by atoms with Crippen LogP contribution in [-0.4, -0.2) is 35.1 Å². The van der Waals surface area contributed by atoms with Gasteiger partial charge in [0.2, 0.25) is 0 Å². The van der Waals surface area contributed by atoms with Crippen LogP contribution < -0.4 is 10.4 Å². The fraction of sp³-hybridized carbons (Fsp3) is 0.606. The molecule has 1 saturated carbocycles. The first-order valence-electron chi connectivity index (χ1n) is 14.5. The predicted molar refractivity (Wildman–Crippen MR) is 166 cm³/mol. The van der Waals surface area contributed by atoms with Crippen LogP contribution in [0.4, 0.5) is 0 Å². The highest BCUT2D eigenvalue weighted by atomic mass is 28.4. The van der Waals surface area contributed by atoms with Crippen molar-refractivity contribution in [3.8, 4) is 0 Å². The maximum Gasteiger partial charge on any atom is 0.261 e. The maximum absolute atomic E-state index is 13.3. The monoisotopic (exact) mass is 552 g/mol. The molecule has 5 heteroatoms. The normalized spacial score (nSPS) is 20.0. The molecule has 1 fully saturated rings. The third kappa shape index (κ3) is 6.60. The van der Waals surface area contributed by atoms with Crippen molar-refractivity contribution in [3.05, 3.63) is 60.7 Å². The molecule has 2 atom stereocenters. The molecule has 0 N–H and O–H groups in total. The Kier molecular flexibility index (Phi) is 9.40. The lowest BCUT2D eigenvalue weighted by Crippen LogP contribution is -2.68. The Morgan fingerprint density at radius 3 is 1.74 bits per heavy atom. The van der Waals surface area contributed by atoms with Crippen LogP contribution in [0.15, 0.2) is 60.7 Å². The van der Waals surface area contributed by atoms with Crippen LogP contribution in [0.5, 0.6) is 0 Å². The van der Waals surface area contributed by atoms with Gasteiger partial charge in [0, 0.05) is 25.0 Å². The van der Waals surface area contributed by atoms with E-state index < -0.39 is 16.6 Å². The van der Waals surface area contributed by atoms with Gasteiger partial charge in [-0.2, -0.15) is 0 Å². The fourth-order valence-electron chi connectivity index (χ4n) is 5.75. The number of rotatable bonds is 9. The van der Waals surface area contributed by atoms with Crippen LogP contribution in [0.25, 0.3) is 0 Å². The second kappa shape index (κ2) is 11.5. The van der Waals surface area contributed by atoms with Crippen molar-refractivity contribution in [2.24, 2.45) is 11.3 Å². The van der Waals surface area contributed by atoms with E-state index in [-0.39, 0.29) is 27.5 Å². The predicted octanol–water partition coefficient (Wildman–Crippen LogP) is 7.74. The molecule has 1 aliphatic rings. The number of hydrogen-bond donors (Lipinski definition) is 0. The number of benzene rings is 2. The summed E-state index contributed by atoms with van der Waals surface area (Å²) in [5.41, 5.74) is -0.132. The van der Waals surface area contributed by atoms with E-state index in [0.717, 1.165) is 19.3 Å². The second-order valence-corrected chi connectivity index (χ2v) is 23.6. The van der Waals surface area contributed by atoms with Gasteiger partial charge in [-0.05, 0) is 58.2 Å². The molecule has 0 unspecified atom stereocenters. The van der Waals surface area contributed by atoms with Crippen molar-refractivity contribution in [1.29, 1.82) is 0 Å². The van der Waals surface area contributed by atoms with E-state index in [4.69, 9.17) is 8.85 Å². The lowest BCUT2D eigenvalue weighted by molar-refractivity contribution is -0.131. The summed E-state index contributed by atoms with van der Waals surface area (Å²) in [6, 6.07) is 21.7. The smallest absolute Gasteiger partial charge is 0.261 e. The van der Waals surface area contributed by atoms with Gasteiger partial charge >= 0.3 is 0 Å². The third-order valence-corrected chi connectivity index (χ3v) is 18.9. The van der Waals surface area contributed by atoms with Crippen molar-refractivity contribution >= 4 is 32.8 Å². The summed E-state index contributed by atoms with van der Waals surface area (Å²) in [6.45, 7) is 23.7. The minimum Gasteiger partial charge on any atom is -0.417 e. The molecule has 210 valence electrons. The summed E-state index contributed by atoms with van der Waals surface area (Å²) in [6.07, 6.45) is 3.14. The second-order valence-electron chi connectivity index (χ2n) is 14.5. The van der Waals surface area contributed by atoms with Crippen LogP contribution in [-0.2, 0) is 13.6 Å². The minimum absolute atomic E-state index is 0.0116. The van der Waals surface area contributed by atoms with Gasteiger partial charge < -0.3 is 8.85 Å². The van der Waals surface area contributed by atoms with Crippen LogP contribution >= 0.6 is 0 Å². The van der Waals surface area contributed by atoms with E-state index in [1.807, 2.05) is 0 Å². The Morgan fingerprint density at radius 1 is 0.789 bits per heavy atom. The van der Waals surface area contributed by atoms with Crippen molar-refractivity contribution in [2.45, 2.75) is 110 Å². The molecule has 3 nitrogen and oxygen atoms in total. The van der Waals surface area contributed by atoms with Gasteiger partial charge in [-0.1, -0.05) is 116 Å². The Morgan fingerprint density at radius 2 is 1.29 bits per heavy atom. The zero-order chi connectivity index (χ0) is 28.4. The summed E-state index contributed by atoms with van der Waals surface area (Å²) in [5.74, 6) is 0.382. The molecule has 0 amide bonds. The molecule has 0 aliphatic heterocycles. The van der Waals surface area contributed by atoms with Crippen molar-refractivity contribution < 1.29 is 13.6 Å². The van der Waals surface area contributed by atoms with E-state index in [0.29, 0.717) is 18.8 Å². The standard InChI is InChI=1S/C33H52O3Si2/c1-31(2,3)37(9,10)35-24-23-33(7,8)29-25-26(21-22-30(29)34)36-38(32(4,5)6,27-17-13-11-14-18-27)28-19-15-12-16-20-28/h11-20,26,29H,21-25H2,1-10H3/t26-,29-/m1/s1. The molecule has 2 aromatic rings. The molecular formula is C33H52O3Si2. The Bertz CT molecular complexity index is 1010. The van der Waals surface area contributed by atoms with Crippen molar-refractivity contribution in [2.75, 3.05) is 6.61 Å². The number of carbonyl (C=O) groups is 1. The molecule has 0 heterocycles. The summed E-state index contributed by atoms with van der Waals surface area (Å²) in [4.78, 5) is 13.3. The van der Waals surface area contributed by atoms with E-state index in [1.54, 1.807) is 0 Å². The van der Waals surface area contributed by atoms with Crippen molar-refractivity contribution in [1.82, 2.24) is 0 Å². The van der Waals surface area contributed by atoms with E-state index >= 15 is 0 Å². The first-order chi connectivity index (χ1) is 17.5. The number of ketones is 1. The lowest BCUT2D eigenvalue weighted by Gasteiger charge is -2.47. The Labute approximate surface area is 235 Å². The van der Waals surface area contributed by atoms with Crippen molar-refractivity contribution in [3.63, 3.8) is 0 Å². The van der Waals surface area contributed by atoms with Crippen LogP contribution in [0.2, 0.25) is 23.2 Å². The molecule has 0 aromatic heterocycles. The van der Waals surface area contributed by atoms with Gasteiger partial charge in [-0.15, -0.1) is 0 Å². The number of hydrogen-bond acceptors (Lipinski definition) is 3. The van der Waals surface area contributed by atoms with E-state index in [9.17, 15) is 4.79 Å².